The molecule has 0 radical (unpaired) electrons. The number of pyridine rings is 1. The SMILES string of the molecule is C=C(CCCC)N(C(=O)c1ccccc1N)c1ccc(NC(=O)OC(C)(C)C)nc1. The summed E-state index contributed by atoms with van der Waals surface area (Å²) in [6.07, 6.45) is 3.46. The monoisotopic (exact) mass is 410 g/mol. The molecule has 2 amide bonds. The maximum atomic E-state index is 13.3. The zero-order chi connectivity index (χ0) is 22.3. The van der Waals surface area contributed by atoms with E-state index in [4.69, 9.17) is 10.5 Å². The first-order chi connectivity index (χ1) is 14.1. The van der Waals surface area contributed by atoms with E-state index in [9.17, 15) is 9.59 Å². The Bertz CT molecular complexity index is 901. The third-order valence-corrected chi connectivity index (χ3v) is 4.16. The van der Waals surface area contributed by atoms with Crippen LogP contribution in [0.25, 0.3) is 0 Å². The quantitative estimate of drug-likeness (QED) is 0.599. The molecule has 2 aromatic rings. The maximum Gasteiger partial charge on any atom is 0.413 e. The van der Waals surface area contributed by atoms with E-state index in [1.54, 1.807) is 57.2 Å². The number of rotatable bonds is 7. The van der Waals surface area contributed by atoms with Gasteiger partial charge < -0.3 is 10.5 Å². The van der Waals surface area contributed by atoms with Crippen molar-refractivity contribution in [2.45, 2.75) is 52.6 Å². The molecule has 7 heteroatoms. The molecular formula is C23H30N4O3. The van der Waals surface area contributed by atoms with E-state index < -0.39 is 11.7 Å². The van der Waals surface area contributed by atoms with Crippen molar-refractivity contribution >= 4 is 29.2 Å². The third kappa shape index (κ3) is 6.34. The van der Waals surface area contributed by atoms with E-state index in [1.807, 2.05) is 0 Å². The third-order valence-electron chi connectivity index (χ3n) is 4.16. The number of ether oxygens (including phenoxy) is 1. The van der Waals surface area contributed by atoms with E-state index in [1.165, 1.54) is 11.1 Å². The summed E-state index contributed by atoms with van der Waals surface area (Å²) in [5, 5.41) is 2.58. The fraction of sp³-hybridized carbons (Fsp3) is 0.348. The van der Waals surface area contributed by atoms with Gasteiger partial charge in [0.25, 0.3) is 5.91 Å². The molecule has 1 aromatic carbocycles. The van der Waals surface area contributed by atoms with Gasteiger partial charge in [-0.05, 0) is 57.9 Å². The standard InChI is InChI=1S/C23H30N4O3/c1-6-7-10-16(2)27(21(28)18-11-8-9-12-19(18)24)17-13-14-20(25-15-17)26-22(29)30-23(3,4)5/h8-9,11-15H,2,6-7,10,24H2,1,3-5H3,(H,25,26,29). The Hall–Kier alpha value is -3.35. The van der Waals surface area contributed by atoms with Crippen LogP contribution >= 0.6 is 0 Å². The van der Waals surface area contributed by atoms with Gasteiger partial charge in [0.15, 0.2) is 0 Å². The minimum absolute atomic E-state index is 0.274. The molecule has 1 aromatic heterocycles. The van der Waals surface area contributed by atoms with Gasteiger partial charge in [0.05, 0.1) is 17.4 Å². The number of allylic oxidation sites excluding steroid dienone is 1. The molecular weight excluding hydrogens is 380 g/mol. The average Bonchev–Trinajstić information content (AvgIpc) is 2.66. The van der Waals surface area contributed by atoms with E-state index >= 15 is 0 Å². The lowest BCUT2D eigenvalue weighted by Gasteiger charge is -2.25. The molecule has 0 bridgehead atoms. The number of carbonyl (C=O) groups excluding carboxylic acids is 2. The van der Waals surface area contributed by atoms with Crippen molar-refractivity contribution in [1.29, 1.82) is 0 Å². The van der Waals surface area contributed by atoms with E-state index in [2.05, 4.69) is 23.8 Å². The summed E-state index contributed by atoms with van der Waals surface area (Å²) < 4.78 is 5.23. The summed E-state index contributed by atoms with van der Waals surface area (Å²) in [6.45, 7) is 11.5. The highest BCUT2D eigenvalue weighted by Crippen LogP contribution is 2.26. The second kappa shape index (κ2) is 9.91. The number of anilines is 3. The molecule has 30 heavy (non-hydrogen) atoms. The number of hydrogen-bond acceptors (Lipinski definition) is 5. The second-order valence-electron chi connectivity index (χ2n) is 7.93. The predicted octanol–water partition coefficient (Wildman–Crippen LogP) is 5.36. The first kappa shape index (κ1) is 22.9. The molecule has 0 saturated carbocycles. The minimum Gasteiger partial charge on any atom is -0.444 e. The Balaban J connectivity index is 2.28. The van der Waals surface area contributed by atoms with E-state index in [0.29, 0.717) is 34.9 Å². The number of unbranched alkanes of at least 4 members (excludes halogenated alkanes) is 1. The largest absolute Gasteiger partial charge is 0.444 e. The number of nitrogen functional groups attached to an aromatic ring is 1. The Morgan fingerprint density at radius 3 is 2.47 bits per heavy atom. The normalized spacial score (nSPS) is 10.9. The van der Waals surface area contributed by atoms with Crippen molar-refractivity contribution in [3.8, 4) is 0 Å². The number of para-hydroxylation sites is 1. The first-order valence-corrected chi connectivity index (χ1v) is 9.95. The van der Waals surface area contributed by atoms with Gasteiger partial charge in [-0.15, -0.1) is 0 Å². The molecule has 0 aliphatic carbocycles. The summed E-state index contributed by atoms with van der Waals surface area (Å²) in [5.74, 6) is 0.0441. The molecule has 0 spiro atoms. The van der Waals surface area contributed by atoms with Gasteiger partial charge in [0.2, 0.25) is 0 Å². The number of nitrogens with one attached hydrogen (secondary N) is 1. The van der Waals surface area contributed by atoms with Crippen LogP contribution in [0.4, 0.5) is 22.0 Å². The van der Waals surface area contributed by atoms with E-state index in [-0.39, 0.29) is 5.91 Å². The number of benzene rings is 1. The van der Waals surface area contributed by atoms with Gasteiger partial charge in [-0.1, -0.05) is 32.1 Å². The molecule has 3 N–H and O–H groups in total. The molecule has 0 atom stereocenters. The smallest absolute Gasteiger partial charge is 0.413 e. The Labute approximate surface area is 177 Å². The van der Waals surface area contributed by atoms with Gasteiger partial charge in [-0.3, -0.25) is 15.0 Å². The molecule has 0 fully saturated rings. The summed E-state index contributed by atoms with van der Waals surface area (Å²) >= 11 is 0. The van der Waals surface area contributed by atoms with Gasteiger partial charge >= 0.3 is 6.09 Å². The molecule has 2 rings (SSSR count). The number of hydrogen-bond donors (Lipinski definition) is 2. The molecule has 0 unspecified atom stereocenters. The number of aromatic nitrogens is 1. The average molecular weight is 411 g/mol. The molecule has 1 heterocycles. The van der Waals surface area contributed by atoms with Gasteiger partial charge in [0.1, 0.15) is 11.4 Å². The van der Waals surface area contributed by atoms with Crippen molar-refractivity contribution in [3.05, 3.63) is 60.4 Å². The van der Waals surface area contributed by atoms with Crippen molar-refractivity contribution < 1.29 is 14.3 Å². The Morgan fingerprint density at radius 1 is 1.20 bits per heavy atom. The van der Waals surface area contributed by atoms with Crippen LogP contribution in [-0.2, 0) is 4.74 Å². The molecule has 0 saturated heterocycles. The lowest BCUT2D eigenvalue weighted by Crippen LogP contribution is -2.31. The molecule has 0 aliphatic rings. The van der Waals surface area contributed by atoms with Crippen LogP contribution in [0.2, 0.25) is 0 Å². The number of nitrogens with two attached hydrogens (primary N) is 1. The lowest BCUT2D eigenvalue weighted by atomic mass is 10.1. The van der Waals surface area contributed by atoms with Crippen molar-refractivity contribution in [1.82, 2.24) is 4.98 Å². The van der Waals surface area contributed by atoms with Crippen LogP contribution < -0.4 is 16.0 Å². The summed E-state index contributed by atoms with van der Waals surface area (Å²) in [4.78, 5) is 31.0. The number of amides is 2. The fourth-order valence-electron chi connectivity index (χ4n) is 2.75. The van der Waals surface area contributed by atoms with Crippen molar-refractivity contribution in [2.24, 2.45) is 0 Å². The predicted molar refractivity (Wildman–Crippen MR) is 120 cm³/mol. The highest BCUT2D eigenvalue weighted by Gasteiger charge is 2.23. The number of carbonyl (C=O) groups is 2. The van der Waals surface area contributed by atoms with Crippen LogP contribution in [0.5, 0.6) is 0 Å². The second-order valence-corrected chi connectivity index (χ2v) is 7.93. The van der Waals surface area contributed by atoms with Crippen LogP contribution in [0, 0.1) is 0 Å². The zero-order valence-electron chi connectivity index (χ0n) is 18.1. The Morgan fingerprint density at radius 2 is 1.90 bits per heavy atom. The van der Waals surface area contributed by atoms with Crippen LogP contribution in [0.1, 0.15) is 57.3 Å². The van der Waals surface area contributed by atoms with Crippen LogP contribution in [0.3, 0.4) is 0 Å². The zero-order valence-corrected chi connectivity index (χ0v) is 18.1. The number of nitrogens with zero attached hydrogens (tertiary/aromatic N) is 2. The van der Waals surface area contributed by atoms with E-state index in [0.717, 1.165) is 12.8 Å². The minimum atomic E-state index is -0.611. The van der Waals surface area contributed by atoms with Crippen LogP contribution in [0.15, 0.2) is 54.9 Å². The summed E-state index contributed by atoms with van der Waals surface area (Å²) in [5.41, 5.74) is 7.38. The van der Waals surface area contributed by atoms with Crippen molar-refractivity contribution in [2.75, 3.05) is 16.0 Å². The summed E-state index contributed by atoms with van der Waals surface area (Å²) in [6, 6.07) is 10.2. The van der Waals surface area contributed by atoms with Crippen LogP contribution in [-0.4, -0.2) is 22.6 Å². The Kier molecular flexibility index (Phi) is 7.58. The molecule has 0 aliphatic heterocycles. The first-order valence-electron chi connectivity index (χ1n) is 9.95. The lowest BCUT2D eigenvalue weighted by molar-refractivity contribution is 0.0635. The molecule has 7 nitrogen and oxygen atoms in total. The maximum absolute atomic E-state index is 13.3. The van der Waals surface area contributed by atoms with Gasteiger partial charge in [-0.2, -0.15) is 0 Å². The van der Waals surface area contributed by atoms with Gasteiger partial charge in [-0.25, -0.2) is 9.78 Å². The highest BCUT2D eigenvalue weighted by molar-refractivity contribution is 6.11. The van der Waals surface area contributed by atoms with Gasteiger partial charge in [0, 0.05) is 11.4 Å². The highest BCUT2D eigenvalue weighted by atomic mass is 16.6. The fourth-order valence-corrected chi connectivity index (χ4v) is 2.75. The summed E-state index contributed by atoms with van der Waals surface area (Å²) in [7, 11) is 0. The topological polar surface area (TPSA) is 97.6 Å². The van der Waals surface area contributed by atoms with Crippen molar-refractivity contribution in [3.63, 3.8) is 0 Å². The molecule has 160 valence electrons.